The Balaban J connectivity index is 1.55. The Morgan fingerprint density at radius 3 is 2.62 bits per heavy atom. The topological polar surface area (TPSA) is 99.4 Å². The van der Waals surface area contributed by atoms with Crippen LogP contribution < -0.4 is 20.5 Å². The summed E-state index contributed by atoms with van der Waals surface area (Å²) in [5.41, 5.74) is 8.32. The number of benzene rings is 2. The quantitative estimate of drug-likeness (QED) is 0.735. The van der Waals surface area contributed by atoms with E-state index in [-0.39, 0.29) is 6.79 Å². The summed E-state index contributed by atoms with van der Waals surface area (Å²) in [7, 11) is 0. The lowest BCUT2D eigenvalue weighted by Crippen LogP contribution is -2.10. The first-order valence-corrected chi connectivity index (χ1v) is 8.04. The number of rotatable bonds is 5. The van der Waals surface area contributed by atoms with Gasteiger partial charge in [0.2, 0.25) is 12.7 Å². The predicted molar refractivity (Wildman–Crippen MR) is 95.9 cm³/mol. The molecule has 0 atom stereocenters. The Morgan fingerprint density at radius 1 is 1.04 bits per heavy atom. The maximum absolute atomic E-state index is 11.2. The summed E-state index contributed by atoms with van der Waals surface area (Å²) in [4.78, 5) is 20.0. The van der Waals surface area contributed by atoms with E-state index in [2.05, 4.69) is 15.3 Å². The van der Waals surface area contributed by atoms with Gasteiger partial charge in [-0.25, -0.2) is 4.98 Å². The average Bonchev–Trinajstić information content (AvgIpc) is 3.14. The molecule has 0 unspecified atom stereocenters. The van der Waals surface area contributed by atoms with Gasteiger partial charge in [0.25, 0.3) is 0 Å². The zero-order chi connectivity index (χ0) is 17.9. The number of hydrogen-bond acceptors (Lipinski definition) is 6. The second-order valence-corrected chi connectivity index (χ2v) is 5.74. The van der Waals surface area contributed by atoms with Crippen LogP contribution in [0.15, 0.2) is 54.9 Å². The molecule has 0 spiro atoms. The fourth-order valence-electron chi connectivity index (χ4n) is 2.71. The molecular formula is C19H16N4O3. The molecule has 3 aromatic rings. The zero-order valence-electron chi connectivity index (χ0n) is 13.8. The number of nitrogens with one attached hydrogen (secondary N) is 1. The second-order valence-electron chi connectivity index (χ2n) is 5.74. The van der Waals surface area contributed by atoms with Gasteiger partial charge >= 0.3 is 0 Å². The van der Waals surface area contributed by atoms with Crippen LogP contribution in [0.5, 0.6) is 11.5 Å². The molecule has 0 radical (unpaired) electrons. The first-order valence-electron chi connectivity index (χ1n) is 8.04. The van der Waals surface area contributed by atoms with Gasteiger partial charge in [0, 0.05) is 30.1 Å². The van der Waals surface area contributed by atoms with Crippen LogP contribution in [0.4, 0.5) is 5.82 Å². The third-order valence-electron chi connectivity index (χ3n) is 4.04. The van der Waals surface area contributed by atoms with Crippen LogP contribution in [0, 0.1) is 0 Å². The summed E-state index contributed by atoms with van der Waals surface area (Å²) in [6.07, 6.45) is 3.26. The van der Waals surface area contributed by atoms with E-state index < -0.39 is 5.91 Å². The van der Waals surface area contributed by atoms with E-state index in [1.54, 1.807) is 36.7 Å². The van der Waals surface area contributed by atoms with Crippen molar-refractivity contribution in [2.45, 2.75) is 6.54 Å². The van der Waals surface area contributed by atoms with Gasteiger partial charge < -0.3 is 20.5 Å². The Morgan fingerprint density at radius 2 is 1.81 bits per heavy atom. The highest BCUT2D eigenvalue weighted by Crippen LogP contribution is 2.33. The molecule has 2 aromatic carbocycles. The van der Waals surface area contributed by atoms with Gasteiger partial charge in [-0.2, -0.15) is 0 Å². The van der Waals surface area contributed by atoms with Crippen LogP contribution in [-0.4, -0.2) is 22.7 Å². The highest BCUT2D eigenvalue weighted by atomic mass is 16.7. The van der Waals surface area contributed by atoms with Crippen molar-refractivity contribution < 1.29 is 14.3 Å². The van der Waals surface area contributed by atoms with Gasteiger partial charge in [0.1, 0.15) is 5.69 Å². The van der Waals surface area contributed by atoms with Crippen LogP contribution in [0.1, 0.15) is 15.9 Å². The van der Waals surface area contributed by atoms with E-state index >= 15 is 0 Å². The Hall–Kier alpha value is -3.61. The third kappa shape index (κ3) is 3.14. The van der Waals surface area contributed by atoms with Gasteiger partial charge in [0.15, 0.2) is 17.3 Å². The van der Waals surface area contributed by atoms with Gasteiger partial charge in [-0.1, -0.05) is 18.2 Å². The largest absolute Gasteiger partial charge is 0.454 e. The maximum atomic E-state index is 11.2. The number of aromatic nitrogens is 2. The molecule has 0 fully saturated rings. The maximum Gasteiger partial charge on any atom is 0.248 e. The summed E-state index contributed by atoms with van der Waals surface area (Å²) in [5, 5.41) is 3.29. The average molecular weight is 348 g/mol. The summed E-state index contributed by atoms with van der Waals surface area (Å²) >= 11 is 0. The molecule has 1 aliphatic heterocycles. The minimum atomic E-state index is -0.461. The minimum absolute atomic E-state index is 0.252. The van der Waals surface area contributed by atoms with Crippen molar-refractivity contribution in [3.63, 3.8) is 0 Å². The number of hydrogen-bond donors (Lipinski definition) is 2. The molecule has 0 saturated carbocycles. The van der Waals surface area contributed by atoms with Gasteiger partial charge in [-0.15, -0.1) is 0 Å². The number of carbonyl (C=O) groups excluding carboxylic acids is 1. The second kappa shape index (κ2) is 6.72. The monoisotopic (exact) mass is 348 g/mol. The standard InChI is InChI=1S/C19H16N4O3/c20-18(24)14-4-2-13(3-5-14)17-19(22-8-7-21-17)23-10-12-1-6-15-16(9-12)26-11-25-15/h1-9H,10-11H2,(H2,20,24)(H,22,23). The highest BCUT2D eigenvalue weighted by molar-refractivity contribution is 5.93. The first kappa shape index (κ1) is 15.9. The van der Waals surface area contributed by atoms with E-state index in [1.807, 2.05) is 18.2 Å². The van der Waals surface area contributed by atoms with Crippen LogP contribution in [0.3, 0.4) is 0 Å². The first-order chi connectivity index (χ1) is 12.7. The summed E-state index contributed by atoms with van der Waals surface area (Å²) in [5.74, 6) is 1.68. The Bertz CT molecular complexity index is 957. The van der Waals surface area contributed by atoms with E-state index in [1.165, 1.54) is 0 Å². The molecule has 0 bridgehead atoms. The third-order valence-corrected chi connectivity index (χ3v) is 4.04. The van der Waals surface area contributed by atoms with Crippen molar-refractivity contribution in [3.05, 3.63) is 66.0 Å². The number of nitrogens with zero attached hydrogens (tertiary/aromatic N) is 2. The van der Waals surface area contributed by atoms with E-state index in [0.29, 0.717) is 23.6 Å². The fraction of sp³-hybridized carbons (Fsp3) is 0.105. The SMILES string of the molecule is NC(=O)c1ccc(-c2nccnc2NCc2ccc3c(c2)OCO3)cc1. The number of ether oxygens (including phenoxy) is 2. The van der Waals surface area contributed by atoms with Crippen molar-refractivity contribution in [3.8, 4) is 22.8 Å². The molecule has 3 N–H and O–H groups in total. The van der Waals surface area contributed by atoms with E-state index in [9.17, 15) is 4.79 Å². The number of carbonyl (C=O) groups is 1. The lowest BCUT2D eigenvalue weighted by molar-refractivity contribution is 0.100. The van der Waals surface area contributed by atoms with Crippen LogP contribution in [-0.2, 0) is 6.54 Å². The van der Waals surface area contributed by atoms with Crippen molar-refractivity contribution in [1.29, 1.82) is 0 Å². The van der Waals surface area contributed by atoms with Crippen LogP contribution in [0.2, 0.25) is 0 Å². The van der Waals surface area contributed by atoms with Crippen molar-refractivity contribution in [2.24, 2.45) is 5.73 Å². The van der Waals surface area contributed by atoms with Gasteiger partial charge in [-0.05, 0) is 29.8 Å². The summed E-state index contributed by atoms with van der Waals surface area (Å²) < 4.78 is 10.7. The molecule has 7 nitrogen and oxygen atoms in total. The molecule has 0 saturated heterocycles. The van der Waals surface area contributed by atoms with E-state index in [0.717, 1.165) is 22.6 Å². The molecule has 0 aliphatic carbocycles. The molecule has 7 heteroatoms. The number of nitrogens with two attached hydrogens (primary N) is 1. The molecule has 4 rings (SSSR count). The predicted octanol–water partition coefficient (Wildman–Crippen LogP) is 2.58. The molecule has 1 aliphatic rings. The highest BCUT2D eigenvalue weighted by Gasteiger charge is 2.14. The number of fused-ring (bicyclic) bond motifs is 1. The number of primary amides is 1. The van der Waals surface area contributed by atoms with Crippen molar-refractivity contribution in [2.75, 3.05) is 12.1 Å². The normalized spacial score (nSPS) is 12.0. The summed E-state index contributed by atoms with van der Waals surface area (Å²) in [6.45, 7) is 0.809. The zero-order valence-corrected chi connectivity index (χ0v) is 13.8. The summed E-state index contributed by atoms with van der Waals surface area (Å²) in [6, 6.07) is 12.7. The number of anilines is 1. The fourth-order valence-corrected chi connectivity index (χ4v) is 2.71. The lowest BCUT2D eigenvalue weighted by Gasteiger charge is -2.11. The molecule has 2 heterocycles. The van der Waals surface area contributed by atoms with Crippen LogP contribution in [0.25, 0.3) is 11.3 Å². The molecule has 26 heavy (non-hydrogen) atoms. The molecule has 130 valence electrons. The van der Waals surface area contributed by atoms with Crippen LogP contribution >= 0.6 is 0 Å². The minimum Gasteiger partial charge on any atom is -0.454 e. The van der Waals surface area contributed by atoms with Gasteiger partial charge in [0.05, 0.1) is 0 Å². The van der Waals surface area contributed by atoms with Gasteiger partial charge in [-0.3, -0.25) is 9.78 Å². The Labute approximate surface area is 149 Å². The molecular weight excluding hydrogens is 332 g/mol. The van der Waals surface area contributed by atoms with Crippen molar-refractivity contribution in [1.82, 2.24) is 9.97 Å². The molecule has 1 aromatic heterocycles. The molecule has 1 amide bonds. The lowest BCUT2D eigenvalue weighted by atomic mass is 10.1. The number of amides is 1. The van der Waals surface area contributed by atoms with E-state index in [4.69, 9.17) is 15.2 Å². The van der Waals surface area contributed by atoms with Crippen molar-refractivity contribution >= 4 is 11.7 Å². The smallest absolute Gasteiger partial charge is 0.248 e. The Kier molecular flexibility index (Phi) is 4.10.